The third-order valence-corrected chi connectivity index (χ3v) is 3.18. The fourth-order valence-electron chi connectivity index (χ4n) is 1.71. The van der Waals surface area contributed by atoms with E-state index in [1.165, 1.54) is 12.1 Å². The van der Waals surface area contributed by atoms with Gasteiger partial charge in [0, 0.05) is 0 Å². The van der Waals surface area contributed by atoms with Gasteiger partial charge in [-0.3, -0.25) is 4.79 Å². The zero-order valence-corrected chi connectivity index (χ0v) is 13.8. The molecule has 0 unspecified atom stereocenters. The Morgan fingerprint density at radius 2 is 1.21 bits per heavy atom. The molecule has 0 heterocycles. The lowest BCUT2D eigenvalue weighted by molar-refractivity contribution is -0.574. The summed E-state index contributed by atoms with van der Waals surface area (Å²) >= 11 is 0. The first-order valence-electron chi connectivity index (χ1n) is 7.12. The van der Waals surface area contributed by atoms with Crippen molar-refractivity contribution in [1.29, 1.82) is 0 Å². The number of benzene rings is 1. The monoisotopic (exact) mass is 417 g/mol. The van der Waals surface area contributed by atoms with E-state index in [4.69, 9.17) is 0 Å². The van der Waals surface area contributed by atoms with Crippen molar-refractivity contribution in [2.45, 2.75) is 18.0 Å². The Hall–Kier alpha value is -2.83. The molecule has 7 nitrogen and oxygen atoms in total. The van der Waals surface area contributed by atoms with Crippen LogP contribution in [0.15, 0.2) is 24.3 Å². The molecule has 156 valence electrons. The van der Waals surface area contributed by atoms with Crippen molar-refractivity contribution < 1.29 is 60.0 Å². The summed E-state index contributed by atoms with van der Waals surface area (Å²) in [5.74, 6) is -4.89. The molecule has 1 aromatic rings. The van der Waals surface area contributed by atoms with E-state index in [9.17, 15) is 45.8 Å². The highest BCUT2D eigenvalue weighted by molar-refractivity contribution is 5.93. The number of hydrogen-bond donors (Lipinski definition) is 0. The molecule has 0 saturated heterocycles. The van der Waals surface area contributed by atoms with Gasteiger partial charge in [0.1, 0.15) is 13.2 Å². The SMILES string of the molecule is COC(=O)c1ccc(C(=O)OCCOC(=O)C([O-])(C(F)(F)F)C(F)(F)F)cc1. The van der Waals surface area contributed by atoms with Crippen LogP contribution >= 0.6 is 0 Å². The Kier molecular flexibility index (Phi) is 7.01. The zero-order chi connectivity index (χ0) is 21.8. The van der Waals surface area contributed by atoms with Gasteiger partial charge in [-0.05, 0) is 24.3 Å². The summed E-state index contributed by atoms with van der Waals surface area (Å²) in [5, 5.41) is 11.0. The van der Waals surface area contributed by atoms with E-state index >= 15 is 0 Å². The fourth-order valence-corrected chi connectivity index (χ4v) is 1.71. The van der Waals surface area contributed by atoms with Gasteiger partial charge >= 0.3 is 30.3 Å². The van der Waals surface area contributed by atoms with Crippen LogP contribution in [0.1, 0.15) is 20.7 Å². The minimum absolute atomic E-state index is 0.0964. The number of halogens is 6. The van der Waals surface area contributed by atoms with E-state index < -0.39 is 49.1 Å². The number of alkyl halides is 6. The van der Waals surface area contributed by atoms with Crippen LogP contribution in [0.25, 0.3) is 0 Å². The van der Waals surface area contributed by atoms with Crippen molar-refractivity contribution in [1.82, 2.24) is 0 Å². The van der Waals surface area contributed by atoms with E-state index in [1.54, 1.807) is 0 Å². The maximum atomic E-state index is 12.4. The van der Waals surface area contributed by atoms with Gasteiger partial charge in [0.15, 0.2) is 5.60 Å². The summed E-state index contributed by atoms with van der Waals surface area (Å²) in [6, 6.07) is 4.66. The maximum Gasteiger partial charge on any atom is 0.399 e. The molecule has 28 heavy (non-hydrogen) atoms. The van der Waals surface area contributed by atoms with E-state index in [0.29, 0.717) is 0 Å². The van der Waals surface area contributed by atoms with Crippen LogP contribution in [-0.2, 0) is 19.0 Å². The molecule has 0 aromatic heterocycles. The van der Waals surface area contributed by atoms with Crippen LogP contribution in [0.4, 0.5) is 26.3 Å². The van der Waals surface area contributed by atoms with Gasteiger partial charge in [-0.2, -0.15) is 26.3 Å². The predicted octanol–water partition coefficient (Wildman–Crippen LogP) is 1.40. The Labute approximate surface area is 152 Å². The van der Waals surface area contributed by atoms with Crippen molar-refractivity contribution in [3.05, 3.63) is 35.4 Å². The van der Waals surface area contributed by atoms with Crippen LogP contribution in [-0.4, -0.2) is 56.2 Å². The maximum absolute atomic E-state index is 12.4. The van der Waals surface area contributed by atoms with Gasteiger partial charge in [-0.1, -0.05) is 0 Å². The van der Waals surface area contributed by atoms with Crippen molar-refractivity contribution >= 4 is 17.9 Å². The summed E-state index contributed by atoms with van der Waals surface area (Å²) in [6.07, 6.45) is -13.0. The molecule has 1 aromatic carbocycles. The Morgan fingerprint density at radius 1 is 0.821 bits per heavy atom. The number of ether oxygens (including phenoxy) is 3. The third kappa shape index (κ3) is 4.91. The quantitative estimate of drug-likeness (QED) is 0.298. The molecule has 0 radical (unpaired) electrons. The van der Waals surface area contributed by atoms with Gasteiger partial charge in [0.2, 0.25) is 0 Å². The van der Waals surface area contributed by atoms with Crippen LogP contribution in [0, 0.1) is 0 Å². The molecule has 0 saturated carbocycles. The zero-order valence-electron chi connectivity index (χ0n) is 13.8. The Bertz CT molecular complexity index is 710. The molecule has 0 spiro atoms. The average Bonchev–Trinajstić information content (AvgIpc) is 2.61. The number of rotatable bonds is 6. The van der Waals surface area contributed by atoms with Gasteiger partial charge in [0.05, 0.1) is 18.2 Å². The first kappa shape index (κ1) is 23.2. The largest absolute Gasteiger partial charge is 0.828 e. The number of esters is 3. The minimum Gasteiger partial charge on any atom is -0.828 e. The van der Waals surface area contributed by atoms with Gasteiger partial charge in [-0.15, -0.1) is 0 Å². The van der Waals surface area contributed by atoms with Crippen molar-refractivity contribution in [3.63, 3.8) is 0 Å². The smallest absolute Gasteiger partial charge is 0.399 e. The Morgan fingerprint density at radius 3 is 1.61 bits per heavy atom. The third-order valence-electron chi connectivity index (χ3n) is 3.18. The predicted molar refractivity (Wildman–Crippen MR) is 73.9 cm³/mol. The molecule has 0 bridgehead atoms. The van der Waals surface area contributed by atoms with Gasteiger partial charge < -0.3 is 19.3 Å². The van der Waals surface area contributed by atoms with Crippen LogP contribution in [0.3, 0.4) is 0 Å². The lowest BCUT2D eigenvalue weighted by Crippen LogP contribution is -2.71. The number of carbonyl (C=O) groups is 3. The van der Waals surface area contributed by atoms with Crippen LogP contribution < -0.4 is 5.11 Å². The second kappa shape index (κ2) is 8.46. The van der Waals surface area contributed by atoms with E-state index in [1.807, 2.05) is 0 Å². The normalized spacial score (nSPS) is 12.3. The first-order valence-corrected chi connectivity index (χ1v) is 7.12. The summed E-state index contributed by atoms with van der Waals surface area (Å²) in [5.41, 5.74) is -5.99. The lowest BCUT2D eigenvalue weighted by atomic mass is 10.0. The molecule has 0 aliphatic carbocycles. The second-order valence-corrected chi connectivity index (χ2v) is 5.02. The molecule has 0 aliphatic rings. The molecule has 1 rings (SSSR count). The summed E-state index contributed by atoms with van der Waals surface area (Å²) in [4.78, 5) is 33.9. The molecule has 0 fully saturated rings. The topological polar surface area (TPSA) is 102 Å². The second-order valence-electron chi connectivity index (χ2n) is 5.02. The molecule has 0 atom stereocenters. The van der Waals surface area contributed by atoms with Crippen molar-refractivity contribution in [2.75, 3.05) is 20.3 Å². The van der Waals surface area contributed by atoms with Crippen LogP contribution in [0.5, 0.6) is 0 Å². The van der Waals surface area contributed by atoms with E-state index in [2.05, 4.69) is 14.2 Å². The highest BCUT2D eigenvalue weighted by atomic mass is 19.4. The van der Waals surface area contributed by atoms with E-state index in [-0.39, 0.29) is 11.1 Å². The fraction of sp³-hybridized carbons (Fsp3) is 0.400. The summed E-state index contributed by atoms with van der Waals surface area (Å²) in [7, 11) is 1.12. The molecule has 13 heteroatoms. The van der Waals surface area contributed by atoms with Crippen molar-refractivity contribution in [3.8, 4) is 0 Å². The highest BCUT2D eigenvalue weighted by Gasteiger charge is 2.68. The van der Waals surface area contributed by atoms with Gasteiger partial charge in [0.25, 0.3) is 0 Å². The van der Waals surface area contributed by atoms with Crippen LogP contribution in [0.2, 0.25) is 0 Å². The first-order chi connectivity index (χ1) is 12.8. The number of carbonyl (C=O) groups excluding carboxylic acids is 3. The number of hydrogen-bond acceptors (Lipinski definition) is 7. The lowest BCUT2D eigenvalue weighted by Gasteiger charge is -2.40. The summed E-state index contributed by atoms with van der Waals surface area (Å²) in [6.45, 7) is -2.14. The minimum atomic E-state index is -6.49. The van der Waals surface area contributed by atoms with Crippen molar-refractivity contribution in [2.24, 2.45) is 0 Å². The standard InChI is InChI=1S/C15H11F6O7/c1-26-10(22)8-2-4-9(5-3-8)11(23)27-6-7-28-12(24)13(25,14(16,17)18)15(19,20)21/h2-5H,6-7H2,1H3/q-1. The molecule has 0 N–H and O–H groups in total. The van der Waals surface area contributed by atoms with E-state index in [0.717, 1.165) is 19.2 Å². The van der Waals surface area contributed by atoms with Gasteiger partial charge in [-0.25, -0.2) is 9.59 Å². The highest BCUT2D eigenvalue weighted by Crippen LogP contribution is 2.41. The molecule has 0 amide bonds. The Balaban J connectivity index is 2.63. The molecular formula is C15H11F6O7-. The number of methoxy groups -OCH3 is 1. The summed E-state index contributed by atoms with van der Waals surface area (Å²) < 4.78 is 86.8. The molecule has 0 aliphatic heterocycles. The average molecular weight is 417 g/mol. The molecular weight excluding hydrogens is 406 g/mol.